The van der Waals surface area contributed by atoms with Crippen LogP contribution in [-0.2, 0) is 11.4 Å². The number of para-hydroxylation sites is 1. The van der Waals surface area contributed by atoms with Crippen LogP contribution in [0.4, 0.5) is 5.69 Å². The molecule has 1 fully saturated rings. The van der Waals surface area contributed by atoms with Gasteiger partial charge in [0.05, 0.1) is 18.4 Å². The summed E-state index contributed by atoms with van der Waals surface area (Å²) >= 11 is 1.61. The van der Waals surface area contributed by atoms with Crippen LogP contribution < -0.4 is 14.4 Å². The number of carbonyl (C=O) groups excluding carboxylic acids is 1. The van der Waals surface area contributed by atoms with Gasteiger partial charge in [0, 0.05) is 22.7 Å². The lowest BCUT2D eigenvalue weighted by Gasteiger charge is -2.25. The van der Waals surface area contributed by atoms with Gasteiger partial charge in [-0.1, -0.05) is 36.4 Å². The van der Waals surface area contributed by atoms with Gasteiger partial charge in [0.1, 0.15) is 23.5 Å². The van der Waals surface area contributed by atoms with Crippen molar-refractivity contribution < 1.29 is 14.3 Å². The van der Waals surface area contributed by atoms with Gasteiger partial charge < -0.3 is 9.47 Å². The fraction of sp³-hybridized carbons (Fsp3) is 0.154. The van der Waals surface area contributed by atoms with E-state index in [-0.39, 0.29) is 11.3 Å². The highest BCUT2D eigenvalue weighted by Gasteiger charge is 2.34. The minimum atomic E-state index is -0.106. The van der Waals surface area contributed by atoms with Gasteiger partial charge in [-0.3, -0.25) is 9.69 Å². The van der Waals surface area contributed by atoms with E-state index >= 15 is 0 Å². The standard InChI is InChI=1S/C26H21N5O3S/c1-33-22-7-4-6-20(14-22)30-24(32)16-35-26(30)17-9-11-21(12-10-17)34-15-19-13-18-5-2-3-8-23(18)31-25(19)27-28-29-31/h2-14,26H,15-16H2,1H3. The van der Waals surface area contributed by atoms with Crippen LogP contribution in [0.5, 0.6) is 11.5 Å². The minimum Gasteiger partial charge on any atom is -0.497 e. The van der Waals surface area contributed by atoms with Crippen LogP contribution in [0.15, 0.2) is 78.9 Å². The number of tetrazole rings is 1. The number of aromatic nitrogens is 4. The first-order valence-corrected chi connectivity index (χ1v) is 12.2. The number of benzene rings is 3. The highest BCUT2D eigenvalue weighted by Crippen LogP contribution is 2.42. The number of ether oxygens (including phenoxy) is 2. The Morgan fingerprint density at radius 1 is 1.00 bits per heavy atom. The maximum absolute atomic E-state index is 12.7. The van der Waals surface area contributed by atoms with E-state index in [1.165, 1.54) is 0 Å². The summed E-state index contributed by atoms with van der Waals surface area (Å²) in [5.74, 6) is 1.97. The van der Waals surface area contributed by atoms with E-state index in [1.54, 1.807) is 23.4 Å². The average Bonchev–Trinajstić information content (AvgIpc) is 3.55. The zero-order valence-electron chi connectivity index (χ0n) is 18.9. The van der Waals surface area contributed by atoms with Gasteiger partial charge >= 0.3 is 0 Å². The van der Waals surface area contributed by atoms with Gasteiger partial charge in [0.15, 0.2) is 5.65 Å². The second-order valence-electron chi connectivity index (χ2n) is 8.13. The van der Waals surface area contributed by atoms with Crippen LogP contribution >= 0.6 is 11.8 Å². The minimum absolute atomic E-state index is 0.0795. The van der Waals surface area contributed by atoms with Crippen molar-refractivity contribution >= 4 is 39.9 Å². The summed E-state index contributed by atoms with van der Waals surface area (Å²) in [5.41, 5.74) is 4.39. The largest absolute Gasteiger partial charge is 0.497 e. The zero-order valence-corrected chi connectivity index (χ0v) is 19.7. The Hall–Kier alpha value is -4.11. The number of carbonyl (C=O) groups is 1. The van der Waals surface area contributed by atoms with Crippen LogP contribution in [0.3, 0.4) is 0 Å². The molecule has 8 nitrogen and oxygen atoms in total. The average molecular weight is 484 g/mol. The maximum atomic E-state index is 12.7. The Labute approximate surface area is 205 Å². The second kappa shape index (κ2) is 8.92. The number of methoxy groups -OCH3 is 1. The first-order valence-electron chi connectivity index (χ1n) is 11.1. The number of nitrogens with zero attached hydrogens (tertiary/aromatic N) is 5. The van der Waals surface area contributed by atoms with Crippen molar-refractivity contribution in [2.75, 3.05) is 17.8 Å². The third-order valence-electron chi connectivity index (χ3n) is 6.01. The van der Waals surface area contributed by atoms with Gasteiger partial charge in [-0.15, -0.1) is 16.9 Å². The summed E-state index contributed by atoms with van der Waals surface area (Å²) in [7, 11) is 1.62. The number of pyridine rings is 1. The van der Waals surface area contributed by atoms with E-state index < -0.39 is 0 Å². The molecule has 0 saturated carbocycles. The third-order valence-corrected chi connectivity index (χ3v) is 7.22. The molecule has 1 unspecified atom stereocenters. The summed E-state index contributed by atoms with van der Waals surface area (Å²) < 4.78 is 13.2. The Bertz CT molecular complexity index is 1540. The van der Waals surface area contributed by atoms with Gasteiger partial charge in [-0.2, -0.15) is 4.52 Å². The number of hydrogen-bond acceptors (Lipinski definition) is 7. The molecule has 3 aromatic carbocycles. The van der Waals surface area contributed by atoms with Crippen LogP contribution in [0.25, 0.3) is 16.6 Å². The highest BCUT2D eigenvalue weighted by molar-refractivity contribution is 8.00. The number of anilines is 1. The molecule has 1 atom stereocenters. The van der Waals surface area contributed by atoms with Crippen molar-refractivity contribution in [3.8, 4) is 11.5 Å². The van der Waals surface area contributed by atoms with E-state index in [9.17, 15) is 4.79 Å². The number of hydrogen-bond donors (Lipinski definition) is 0. The van der Waals surface area contributed by atoms with E-state index in [0.29, 0.717) is 18.0 Å². The van der Waals surface area contributed by atoms with E-state index in [0.717, 1.165) is 39.2 Å². The summed E-state index contributed by atoms with van der Waals surface area (Å²) in [6.45, 7) is 0.334. The predicted molar refractivity (Wildman–Crippen MR) is 135 cm³/mol. The molecule has 174 valence electrons. The molecular formula is C26H21N5O3S. The van der Waals surface area contributed by atoms with Crippen molar-refractivity contribution in [2.45, 2.75) is 12.0 Å². The molecule has 3 heterocycles. The van der Waals surface area contributed by atoms with Gasteiger partial charge in [-0.25, -0.2) is 0 Å². The lowest BCUT2D eigenvalue weighted by atomic mass is 10.1. The van der Waals surface area contributed by atoms with Gasteiger partial charge in [-0.05, 0) is 52.4 Å². The summed E-state index contributed by atoms with van der Waals surface area (Å²) in [6, 6.07) is 25.5. The van der Waals surface area contributed by atoms with Gasteiger partial charge in [0.25, 0.3) is 0 Å². The number of fused-ring (bicyclic) bond motifs is 3. The Morgan fingerprint density at radius 2 is 1.86 bits per heavy atom. The number of thioether (sulfide) groups is 1. The molecule has 1 amide bonds. The molecule has 0 bridgehead atoms. The quantitative estimate of drug-likeness (QED) is 0.348. The summed E-state index contributed by atoms with van der Waals surface area (Å²) in [5, 5.41) is 13.1. The summed E-state index contributed by atoms with van der Waals surface area (Å²) in [6.07, 6.45) is 0. The summed E-state index contributed by atoms with van der Waals surface area (Å²) in [4.78, 5) is 14.5. The normalized spacial score (nSPS) is 15.7. The molecule has 0 radical (unpaired) electrons. The first-order chi connectivity index (χ1) is 17.2. The van der Waals surface area contributed by atoms with Crippen molar-refractivity contribution in [3.05, 3.63) is 90.0 Å². The SMILES string of the molecule is COc1cccc(N2C(=O)CSC2c2ccc(OCc3cc4ccccc4n4nnnc34)cc2)c1. The molecule has 1 saturated heterocycles. The number of rotatable bonds is 6. The maximum Gasteiger partial charge on any atom is 0.238 e. The number of amides is 1. The predicted octanol–water partition coefficient (Wildman–Crippen LogP) is 4.64. The van der Waals surface area contributed by atoms with Crippen LogP contribution in [0.1, 0.15) is 16.5 Å². The molecule has 1 aliphatic heterocycles. The Morgan fingerprint density at radius 3 is 2.71 bits per heavy atom. The molecule has 2 aromatic heterocycles. The lowest BCUT2D eigenvalue weighted by Crippen LogP contribution is -2.27. The Kier molecular flexibility index (Phi) is 5.46. The van der Waals surface area contributed by atoms with Crippen molar-refractivity contribution in [1.29, 1.82) is 0 Å². The second-order valence-corrected chi connectivity index (χ2v) is 9.20. The molecule has 6 rings (SSSR count). The lowest BCUT2D eigenvalue weighted by molar-refractivity contribution is -0.115. The van der Waals surface area contributed by atoms with Gasteiger partial charge in [0.2, 0.25) is 5.91 Å². The molecule has 5 aromatic rings. The van der Waals surface area contributed by atoms with Crippen molar-refractivity contribution in [1.82, 2.24) is 20.0 Å². The Balaban J connectivity index is 1.22. The monoisotopic (exact) mass is 483 g/mol. The first kappa shape index (κ1) is 21.4. The van der Waals surface area contributed by atoms with Crippen LogP contribution in [0.2, 0.25) is 0 Å². The molecule has 0 aliphatic carbocycles. The van der Waals surface area contributed by atoms with Crippen LogP contribution in [-0.4, -0.2) is 38.8 Å². The molecule has 9 heteroatoms. The fourth-order valence-corrected chi connectivity index (χ4v) is 5.49. The topological polar surface area (TPSA) is 81.8 Å². The zero-order chi connectivity index (χ0) is 23.8. The fourth-order valence-electron chi connectivity index (χ4n) is 4.31. The van der Waals surface area contributed by atoms with E-state index in [4.69, 9.17) is 9.47 Å². The molecule has 0 spiro atoms. The van der Waals surface area contributed by atoms with Crippen LogP contribution in [0, 0.1) is 0 Å². The van der Waals surface area contributed by atoms with Crippen molar-refractivity contribution in [2.24, 2.45) is 0 Å². The van der Waals surface area contributed by atoms with Crippen molar-refractivity contribution in [3.63, 3.8) is 0 Å². The van der Waals surface area contributed by atoms with E-state index in [2.05, 4.69) is 21.6 Å². The molecule has 1 aliphatic rings. The highest BCUT2D eigenvalue weighted by atomic mass is 32.2. The van der Waals surface area contributed by atoms with E-state index in [1.807, 2.05) is 77.7 Å². The molecule has 0 N–H and O–H groups in total. The smallest absolute Gasteiger partial charge is 0.238 e. The molecular weight excluding hydrogens is 462 g/mol. The molecule has 35 heavy (non-hydrogen) atoms. The third kappa shape index (κ3) is 3.93.